The molecule has 5 rings (SSSR count). The molecule has 2 aliphatic heterocycles. The zero-order valence-corrected chi connectivity index (χ0v) is 23.7. The number of halogens is 1. The number of likely N-dealkylation sites (tertiary alicyclic amines) is 1. The third-order valence-electron chi connectivity index (χ3n) is 6.99. The Hall–Kier alpha value is -4.52. The molecule has 214 valence electrons. The van der Waals surface area contributed by atoms with E-state index in [4.69, 9.17) is 9.47 Å². The van der Waals surface area contributed by atoms with E-state index in [-0.39, 0.29) is 23.8 Å². The number of aromatic amines is 1. The first-order valence-electron chi connectivity index (χ1n) is 13.7. The lowest BCUT2D eigenvalue weighted by Gasteiger charge is -2.34. The van der Waals surface area contributed by atoms with Gasteiger partial charge in [-0.25, -0.2) is 9.18 Å². The summed E-state index contributed by atoms with van der Waals surface area (Å²) in [7, 11) is 1.40. The first-order chi connectivity index (χ1) is 19.7. The number of nitrogens with one attached hydrogen (secondary N) is 3. The van der Waals surface area contributed by atoms with Crippen LogP contribution >= 0.6 is 0 Å². The number of hydrogen-bond donors (Lipinski definition) is 3. The Morgan fingerprint density at radius 3 is 2.85 bits per heavy atom. The molecule has 1 saturated heterocycles. The average Bonchev–Trinajstić information content (AvgIpc) is 3.30. The van der Waals surface area contributed by atoms with Gasteiger partial charge in [-0.2, -0.15) is 0 Å². The number of hydrogen-bond acceptors (Lipinski definition) is 6. The second-order valence-electron chi connectivity index (χ2n) is 11.1. The Bertz CT molecular complexity index is 1530. The minimum absolute atomic E-state index is 0.0406. The van der Waals surface area contributed by atoms with E-state index in [2.05, 4.69) is 32.4 Å². The highest BCUT2D eigenvalue weighted by atomic mass is 19.1. The van der Waals surface area contributed by atoms with Gasteiger partial charge < -0.3 is 25.1 Å². The van der Waals surface area contributed by atoms with Gasteiger partial charge in [0.15, 0.2) is 11.6 Å². The minimum Gasteiger partial charge on any atom is -0.492 e. The van der Waals surface area contributed by atoms with Crippen LogP contribution in [0.25, 0.3) is 11.3 Å². The van der Waals surface area contributed by atoms with E-state index < -0.39 is 11.4 Å². The van der Waals surface area contributed by atoms with Gasteiger partial charge in [0, 0.05) is 43.2 Å². The number of ether oxygens (including phenoxy) is 2. The van der Waals surface area contributed by atoms with Crippen molar-refractivity contribution < 1.29 is 23.5 Å². The maximum atomic E-state index is 14.5. The van der Waals surface area contributed by atoms with E-state index in [1.54, 1.807) is 29.4 Å². The molecule has 1 aromatic carbocycles. The number of anilines is 2. The monoisotopic (exact) mass is 559 g/mol. The number of H-pyrrole nitrogens is 1. The smallest absolute Gasteiger partial charge is 0.411 e. The summed E-state index contributed by atoms with van der Waals surface area (Å²) in [5.41, 5.74) is 3.45. The Balaban J connectivity index is 1.56. The highest BCUT2D eigenvalue weighted by Crippen LogP contribution is 2.40. The van der Waals surface area contributed by atoms with E-state index in [1.807, 2.05) is 26.8 Å². The van der Waals surface area contributed by atoms with E-state index in [1.165, 1.54) is 13.2 Å². The highest BCUT2D eigenvalue weighted by Gasteiger charge is 2.30. The molecular weight excluding hydrogens is 525 g/mol. The Morgan fingerprint density at radius 1 is 1.24 bits per heavy atom. The number of methoxy groups -OCH3 is 1. The lowest BCUT2D eigenvalue weighted by Crippen LogP contribution is -2.45. The van der Waals surface area contributed by atoms with Crippen molar-refractivity contribution in [1.82, 2.24) is 20.2 Å². The summed E-state index contributed by atoms with van der Waals surface area (Å²) in [5, 5.41) is 6.14. The average molecular weight is 560 g/mol. The summed E-state index contributed by atoms with van der Waals surface area (Å²) in [4.78, 5) is 35.3. The summed E-state index contributed by atoms with van der Waals surface area (Å²) in [6.07, 6.45) is 6.14. The lowest BCUT2D eigenvalue weighted by molar-refractivity contribution is 0.0158. The van der Waals surface area contributed by atoms with Crippen LogP contribution in [0.2, 0.25) is 0 Å². The maximum Gasteiger partial charge on any atom is 0.411 e. The SMILES string of the molecule is COc1c(F)cccc1Nc1c(-c2ccncc2C#CC2CCCCN2C(=O)OC(C)(C)C)[nH]c2c1C(=O)NCC2. The number of carbonyl (C=O) groups is 2. The van der Waals surface area contributed by atoms with E-state index in [9.17, 15) is 14.0 Å². The molecule has 0 spiro atoms. The van der Waals surface area contributed by atoms with Crippen molar-refractivity contribution >= 4 is 23.4 Å². The van der Waals surface area contributed by atoms with Crippen LogP contribution in [-0.4, -0.2) is 58.7 Å². The number of carbonyl (C=O) groups excluding carboxylic acids is 2. The number of nitrogens with zero attached hydrogens (tertiary/aromatic N) is 2. The van der Waals surface area contributed by atoms with Crippen LogP contribution in [0.3, 0.4) is 0 Å². The van der Waals surface area contributed by atoms with E-state index in [0.717, 1.165) is 25.0 Å². The van der Waals surface area contributed by atoms with Gasteiger partial charge in [0.2, 0.25) is 0 Å². The predicted molar refractivity (Wildman–Crippen MR) is 154 cm³/mol. The summed E-state index contributed by atoms with van der Waals surface area (Å²) < 4.78 is 25.5. The van der Waals surface area contributed by atoms with Crippen molar-refractivity contribution in [3.05, 3.63) is 59.3 Å². The van der Waals surface area contributed by atoms with Crippen LogP contribution < -0.4 is 15.4 Å². The third-order valence-corrected chi connectivity index (χ3v) is 6.99. The molecule has 0 bridgehead atoms. The van der Waals surface area contributed by atoms with Gasteiger partial charge in [0.25, 0.3) is 5.91 Å². The van der Waals surface area contributed by atoms with Crippen molar-refractivity contribution in [1.29, 1.82) is 0 Å². The molecule has 3 aromatic rings. The first kappa shape index (κ1) is 28.0. The summed E-state index contributed by atoms with van der Waals surface area (Å²) in [5.74, 6) is 5.82. The van der Waals surface area contributed by atoms with Gasteiger partial charge in [0.1, 0.15) is 5.60 Å². The van der Waals surface area contributed by atoms with Gasteiger partial charge in [-0.05, 0) is 58.2 Å². The molecule has 2 amide bonds. The molecular formula is C31H34FN5O4. The Morgan fingerprint density at radius 2 is 2.07 bits per heavy atom. The molecule has 0 radical (unpaired) electrons. The van der Waals surface area contributed by atoms with Crippen molar-refractivity contribution in [2.24, 2.45) is 0 Å². The van der Waals surface area contributed by atoms with Crippen LogP contribution in [0.15, 0.2) is 36.7 Å². The van der Waals surface area contributed by atoms with E-state index >= 15 is 0 Å². The fourth-order valence-corrected chi connectivity index (χ4v) is 5.15. The zero-order chi connectivity index (χ0) is 29.1. The van der Waals surface area contributed by atoms with Crippen LogP contribution in [0.4, 0.5) is 20.6 Å². The highest BCUT2D eigenvalue weighted by molar-refractivity contribution is 6.06. The molecule has 9 nitrogen and oxygen atoms in total. The molecule has 1 unspecified atom stereocenters. The lowest BCUT2D eigenvalue weighted by atomic mass is 10.0. The number of rotatable bonds is 4. The normalized spacial score (nSPS) is 16.7. The number of aromatic nitrogens is 2. The topological polar surface area (TPSA) is 109 Å². The van der Waals surface area contributed by atoms with E-state index in [0.29, 0.717) is 53.3 Å². The molecule has 41 heavy (non-hydrogen) atoms. The van der Waals surface area contributed by atoms with Crippen LogP contribution in [0, 0.1) is 17.7 Å². The van der Waals surface area contributed by atoms with Gasteiger partial charge in [0.05, 0.1) is 41.3 Å². The molecule has 10 heteroatoms. The number of amides is 2. The molecule has 1 atom stereocenters. The minimum atomic E-state index is -0.601. The molecule has 0 saturated carbocycles. The molecule has 2 aliphatic rings. The summed E-state index contributed by atoms with van der Waals surface area (Å²) in [6.45, 7) is 6.62. The number of pyridine rings is 1. The number of piperidine rings is 1. The molecule has 0 aliphatic carbocycles. The maximum absolute atomic E-state index is 14.5. The molecule has 3 N–H and O–H groups in total. The standard InChI is InChI=1S/C31H34FN5O4/c1-31(2,3)41-30(39)37-17-6-5-8-20(37)12-11-19-18-33-15-13-21(19)26-27(25-23(35-26)14-16-34-29(25)38)36-24-10-7-9-22(32)28(24)40-4/h7,9-10,13,15,18,20,35-36H,5-6,8,14,16-17H2,1-4H3,(H,34,38). The van der Waals surface area contributed by atoms with Gasteiger partial charge in [-0.3, -0.25) is 14.7 Å². The Kier molecular flexibility index (Phi) is 7.88. The number of para-hydroxylation sites is 1. The summed E-state index contributed by atoms with van der Waals surface area (Å²) >= 11 is 0. The van der Waals surface area contributed by atoms with Crippen LogP contribution in [0.1, 0.15) is 61.6 Å². The molecule has 4 heterocycles. The molecule has 1 fully saturated rings. The van der Waals surface area contributed by atoms with Crippen molar-refractivity contribution in [3.8, 4) is 28.8 Å². The zero-order valence-electron chi connectivity index (χ0n) is 23.7. The van der Waals surface area contributed by atoms with Crippen molar-refractivity contribution in [3.63, 3.8) is 0 Å². The van der Waals surface area contributed by atoms with Crippen molar-refractivity contribution in [2.45, 2.75) is 58.1 Å². The second kappa shape index (κ2) is 11.5. The predicted octanol–water partition coefficient (Wildman–Crippen LogP) is 5.40. The largest absolute Gasteiger partial charge is 0.492 e. The van der Waals surface area contributed by atoms with Gasteiger partial charge >= 0.3 is 6.09 Å². The fraction of sp³-hybridized carbons (Fsp3) is 0.387. The van der Waals surface area contributed by atoms with Crippen LogP contribution in [0.5, 0.6) is 5.75 Å². The van der Waals surface area contributed by atoms with Gasteiger partial charge in [-0.1, -0.05) is 17.9 Å². The summed E-state index contributed by atoms with van der Waals surface area (Å²) in [6, 6.07) is 6.09. The Labute approximate surface area is 238 Å². The third kappa shape index (κ3) is 5.99. The first-order valence-corrected chi connectivity index (χ1v) is 13.7. The molecule has 2 aromatic heterocycles. The number of benzene rings is 1. The number of fused-ring (bicyclic) bond motifs is 1. The quantitative estimate of drug-likeness (QED) is 0.370. The van der Waals surface area contributed by atoms with Gasteiger partial charge in [-0.15, -0.1) is 0 Å². The fourth-order valence-electron chi connectivity index (χ4n) is 5.15. The van der Waals surface area contributed by atoms with Crippen LogP contribution in [-0.2, 0) is 11.2 Å². The second-order valence-corrected chi connectivity index (χ2v) is 11.1. The van der Waals surface area contributed by atoms with Crippen molar-refractivity contribution in [2.75, 3.05) is 25.5 Å².